The van der Waals surface area contributed by atoms with Gasteiger partial charge in [0.15, 0.2) is 6.61 Å². The van der Waals surface area contributed by atoms with Crippen molar-refractivity contribution in [3.63, 3.8) is 0 Å². The minimum absolute atomic E-state index is 0.0204. The summed E-state index contributed by atoms with van der Waals surface area (Å²) < 4.78 is 24.2. The Balaban J connectivity index is 1.58. The largest absolute Gasteiger partial charge is 0.482 e. The summed E-state index contributed by atoms with van der Waals surface area (Å²) in [7, 11) is 0. The van der Waals surface area contributed by atoms with Crippen LogP contribution >= 0.6 is 11.6 Å². The fourth-order valence-electron chi connectivity index (χ4n) is 3.99. The quantitative estimate of drug-likeness (QED) is 0.536. The molecule has 1 heterocycles. The maximum absolute atomic E-state index is 13.1. The van der Waals surface area contributed by atoms with Crippen molar-refractivity contribution in [2.45, 2.75) is 52.3 Å². The molecule has 0 bridgehead atoms. The van der Waals surface area contributed by atoms with Crippen molar-refractivity contribution in [3.05, 3.63) is 64.4 Å². The van der Waals surface area contributed by atoms with Crippen LogP contribution in [0.3, 0.4) is 0 Å². The average molecular weight is 491 g/mol. The number of halogens is 2. The number of esters is 1. The minimum Gasteiger partial charge on any atom is -0.482 e. The van der Waals surface area contributed by atoms with Crippen molar-refractivity contribution < 1.29 is 23.5 Å². The van der Waals surface area contributed by atoms with Gasteiger partial charge in [-0.15, -0.1) is 0 Å². The monoisotopic (exact) mass is 490 g/mol. The van der Waals surface area contributed by atoms with Gasteiger partial charge in [-0.05, 0) is 63.6 Å². The van der Waals surface area contributed by atoms with E-state index in [1.807, 2.05) is 38.7 Å². The first-order valence-corrected chi connectivity index (χ1v) is 11.8. The molecule has 2 aromatic rings. The Morgan fingerprint density at radius 3 is 2.47 bits per heavy atom. The van der Waals surface area contributed by atoms with E-state index in [0.717, 1.165) is 11.1 Å². The Morgan fingerprint density at radius 1 is 1.12 bits per heavy atom. The third-order valence-corrected chi connectivity index (χ3v) is 5.72. The van der Waals surface area contributed by atoms with Crippen molar-refractivity contribution >= 4 is 23.5 Å². The summed E-state index contributed by atoms with van der Waals surface area (Å²) in [6.45, 7) is 9.81. The fourth-order valence-corrected chi connectivity index (χ4v) is 4.18. The van der Waals surface area contributed by atoms with Gasteiger partial charge in [0.25, 0.3) is 0 Å². The maximum atomic E-state index is 13.1. The number of benzene rings is 2. The highest BCUT2D eigenvalue weighted by Gasteiger charge is 2.28. The van der Waals surface area contributed by atoms with Gasteiger partial charge < -0.3 is 14.4 Å². The fraction of sp³-hybridized carbons (Fsp3) is 0.462. The van der Waals surface area contributed by atoms with Gasteiger partial charge in [-0.2, -0.15) is 0 Å². The van der Waals surface area contributed by atoms with Crippen LogP contribution in [-0.4, -0.2) is 59.6 Å². The first kappa shape index (κ1) is 26.0. The first-order valence-electron chi connectivity index (χ1n) is 11.4. The normalized spacial score (nSPS) is 16.9. The molecule has 0 saturated carbocycles. The van der Waals surface area contributed by atoms with Crippen LogP contribution in [0.5, 0.6) is 5.75 Å². The zero-order valence-electron chi connectivity index (χ0n) is 20.1. The van der Waals surface area contributed by atoms with Gasteiger partial charge >= 0.3 is 5.97 Å². The smallest absolute Gasteiger partial charge is 0.344 e. The summed E-state index contributed by atoms with van der Waals surface area (Å²) in [5.74, 6) is -0.135. The highest BCUT2D eigenvalue weighted by atomic mass is 35.5. The highest BCUT2D eigenvalue weighted by molar-refractivity contribution is 6.30. The van der Waals surface area contributed by atoms with E-state index < -0.39 is 11.6 Å². The van der Waals surface area contributed by atoms with Crippen LogP contribution in [-0.2, 0) is 27.3 Å². The van der Waals surface area contributed by atoms with E-state index in [9.17, 15) is 14.0 Å². The molecular formula is C26H32ClFN2O4. The van der Waals surface area contributed by atoms with Crippen LogP contribution in [0, 0.1) is 5.82 Å². The molecule has 2 aromatic carbocycles. The van der Waals surface area contributed by atoms with Gasteiger partial charge in [0.05, 0.1) is 6.42 Å². The summed E-state index contributed by atoms with van der Waals surface area (Å²) in [5, 5.41) is 0.584. The third kappa shape index (κ3) is 7.71. The molecule has 1 amide bonds. The molecule has 184 valence electrons. The number of piperazine rings is 1. The van der Waals surface area contributed by atoms with Gasteiger partial charge in [0.2, 0.25) is 5.91 Å². The zero-order valence-corrected chi connectivity index (χ0v) is 20.9. The molecule has 34 heavy (non-hydrogen) atoms. The minimum atomic E-state index is -0.576. The SMILES string of the molecule is C[C@H]1CN(Cc2cc(Cl)ccc2OCC(=O)OC(C)(C)C)CCN1C(=O)Cc1ccc(F)cc1. The van der Waals surface area contributed by atoms with E-state index >= 15 is 0 Å². The Hall–Kier alpha value is -2.64. The van der Waals surface area contributed by atoms with Crippen molar-refractivity contribution in [2.75, 3.05) is 26.2 Å². The second-order valence-electron chi connectivity index (χ2n) is 9.60. The van der Waals surface area contributed by atoms with Crippen molar-refractivity contribution in [2.24, 2.45) is 0 Å². The summed E-state index contributed by atoms with van der Waals surface area (Å²) >= 11 is 6.22. The number of carbonyl (C=O) groups excluding carboxylic acids is 2. The molecule has 6 nitrogen and oxygen atoms in total. The predicted molar refractivity (Wildman–Crippen MR) is 129 cm³/mol. The third-order valence-electron chi connectivity index (χ3n) is 5.48. The van der Waals surface area contributed by atoms with E-state index in [0.29, 0.717) is 37.0 Å². The summed E-state index contributed by atoms with van der Waals surface area (Å²) in [5.41, 5.74) is 1.09. The van der Waals surface area contributed by atoms with Gasteiger partial charge in [0.1, 0.15) is 17.2 Å². The van der Waals surface area contributed by atoms with Gasteiger partial charge in [-0.1, -0.05) is 23.7 Å². The van der Waals surface area contributed by atoms with Gasteiger partial charge in [0, 0.05) is 42.8 Å². The first-order chi connectivity index (χ1) is 16.0. The van der Waals surface area contributed by atoms with E-state index in [2.05, 4.69) is 4.90 Å². The maximum Gasteiger partial charge on any atom is 0.344 e. The molecule has 0 N–H and O–H groups in total. The Labute approximate surface area is 205 Å². The molecule has 8 heteroatoms. The zero-order chi connectivity index (χ0) is 24.9. The molecule has 0 unspecified atom stereocenters. The molecule has 1 fully saturated rings. The molecular weight excluding hydrogens is 459 g/mol. The van der Waals surface area contributed by atoms with Crippen LogP contribution < -0.4 is 4.74 Å². The molecule has 3 rings (SSSR count). The van der Waals surface area contributed by atoms with Crippen LogP contribution in [0.1, 0.15) is 38.8 Å². The Morgan fingerprint density at radius 2 is 1.82 bits per heavy atom. The lowest BCUT2D eigenvalue weighted by molar-refractivity contribution is -0.157. The highest BCUT2D eigenvalue weighted by Crippen LogP contribution is 2.26. The molecule has 0 aromatic heterocycles. The number of amides is 1. The number of ether oxygens (including phenoxy) is 2. The van der Waals surface area contributed by atoms with Gasteiger partial charge in [-0.25, -0.2) is 9.18 Å². The Kier molecular flexibility index (Phi) is 8.55. The van der Waals surface area contributed by atoms with Crippen LogP contribution in [0.15, 0.2) is 42.5 Å². The Bertz CT molecular complexity index is 1010. The molecule has 1 aliphatic heterocycles. The number of nitrogens with zero attached hydrogens (tertiary/aromatic N) is 2. The second kappa shape index (κ2) is 11.2. The van der Waals surface area contributed by atoms with Crippen LogP contribution in [0.25, 0.3) is 0 Å². The van der Waals surface area contributed by atoms with E-state index in [4.69, 9.17) is 21.1 Å². The van der Waals surface area contributed by atoms with E-state index in [-0.39, 0.29) is 30.8 Å². The molecule has 0 radical (unpaired) electrons. The number of rotatable bonds is 7. The molecule has 1 atom stereocenters. The lowest BCUT2D eigenvalue weighted by Crippen LogP contribution is -2.54. The predicted octanol–water partition coefficient (Wildman–Crippen LogP) is 4.48. The standard InChI is InChI=1S/C26H32ClFN2O4/c1-18-15-29(11-12-30(18)24(31)13-19-5-8-22(28)9-6-19)16-20-14-21(27)7-10-23(20)33-17-25(32)34-26(2,3)4/h5-10,14,18H,11-13,15-17H2,1-4H3/t18-/m0/s1. The molecule has 0 spiro atoms. The van der Waals surface area contributed by atoms with E-state index in [1.165, 1.54) is 12.1 Å². The van der Waals surface area contributed by atoms with Crippen LogP contribution in [0.2, 0.25) is 5.02 Å². The topological polar surface area (TPSA) is 59.1 Å². The summed E-state index contributed by atoms with van der Waals surface area (Å²) in [6, 6.07) is 11.4. The molecule has 1 saturated heterocycles. The van der Waals surface area contributed by atoms with Gasteiger partial charge in [-0.3, -0.25) is 9.69 Å². The second-order valence-corrected chi connectivity index (χ2v) is 10.0. The number of hydrogen-bond acceptors (Lipinski definition) is 5. The summed E-state index contributed by atoms with van der Waals surface area (Å²) in [6.07, 6.45) is 0.252. The van der Waals surface area contributed by atoms with E-state index in [1.54, 1.807) is 24.3 Å². The number of hydrogen-bond donors (Lipinski definition) is 0. The van der Waals surface area contributed by atoms with Crippen LogP contribution in [0.4, 0.5) is 4.39 Å². The molecule has 1 aliphatic rings. The lowest BCUT2D eigenvalue weighted by atomic mass is 10.1. The summed E-state index contributed by atoms with van der Waals surface area (Å²) in [4.78, 5) is 29.0. The average Bonchev–Trinajstić information content (AvgIpc) is 2.73. The lowest BCUT2D eigenvalue weighted by Gasteiger charge is -2.40. The number of carbonyl (C=O) groups is 2. The molecule has 0 aliphatic carbocycles. The van der Waals surface area contributed by atoms with Crippen molar-refractivity contribution in [1.82, 2.24) is 9.80 Å². The van der Waals surface area contributed by atoms with Crippen molar-refractivity contribution in [1.29, 1.82) is 0 Å². The van der Waals surface area contributed by atoms with Crippen molar-refractivity contribution in [3.8, 4) is 5.75 Å².